The van der Waals surface area contributed by atoms with Crippen LogP contribution in [-0.4, -0.2) is 29.2 Å². The number of hydrogen-bond donors (Lipinski definition) is 0. The summed E-state index contributed by atoms with van der Waals surface area (Å²) in [6.07, 6.45) is 7.91. The lowest BCUT2D eigenvalue weighted by atomic mass is 9.79. The highest BCUT2D eigenvalue weighted by molar-refractivity contribution is 6.08. The maximum absolute atomic E-state index is 13.1. The number of fused-ring (bicyclic) bond motifs is 1. The molecule has 1 saturated carbocycles. The minimum Gasteiger partial charge on any atom is -0.467 e. The molecule has 2 aromatic heterocycles. The van der Waals surface area contributed by atoms with Crippen molar-refractivity contribution in [2.45, 2.75) is 25.3 Å². The Bertz CT molecular complexity index is 1150. The fourth-order valence-corrected chi connectivity index (χ4v) is 4.34. The SMILES string of the molecule is O=C(OCC(=O)N1N=C2C(=Cc3ccco3)CCCC2C1c1ccco1)c1ccccc1. The zero-order valence-electron chi connectivity index (χ0n) is 17.3. The number of rotatable bonds is 5. The summed E-state index contributed by atoms with van der Waals surface area (Å²) < 4.78 is 16.4. The van der Waals surface area contributed by atoms with Gasteiger partial charge in [0.2, 0.25) is 0 Å². The van der Waals surface area contributed by atoms with Crippen molar-refractivity contribution in [1.82, 2.24) is 5.01 Å². The molecule has 7 heteroatoms. The summed E-state index contributed by atoms with van der Waals surface area (Å²) >= 11 is 0. The molecular weight excluding hydrogens is 408 g/mol. The van der Waals surface area contributed by atoms with Crippen molar-refractivity contribution >= 4 is 23.7 Å². The summed E-state index contributed by atoms with van der Waals surface area (Å²) in [5.74, 6) is 0.478. The summed E-state index contributed by atoms with van der Waals surface area (Å²) in [5, 5.41) is 6.11. The van der Waals surface area contributed by atoms with Gasteiger partial charge in [-0.2, -0.15) is 5.10 Å². The monoisotopic (exact) mass is 430 g/mol. The summed E-state index contributed by atoms with van der Waals surface area (Å²) in [5.41, 5.74) is 2.30. The second kappa shape index (κ2) is 8.70. The van der Waals surface area contributed by atoms with Crippen molar-refractivity contribution in [1.29, 1.82) is 0 Å². The lowest BCUT2D eigenvalue weighted by Crippen LogP contribution is -2.34. The Kier molecular flexibility index (Phi) is 5.46. The fourth-order valence-electron chi connectivity index (χ4n) is 4.34. The molecule has 2 unspecified atom stereocenters. The minimum absolute atomic E-state index is 0.00453. The largest absolute Gasteiger partial charge is 0.467 e. The Morgan fingerprint density at radius 1 is 1.06 bits per heavy atom. The quantitative estimate of drug-likeness (QED) is 0.540. The first kappa shape index (κ1) is 20.1. The Hall–Kier alpha value is -3.87. The number of hydrogen-bond acceptors (Lipinski definition) is 6. The molecule has 5 rings (SSSR count). The molecule has 1 aliphatic heterocycles. The topological polar surface area (TPSA) is 85.3 Å². The number of amides is 1. The van der Waals surface area contributed by atoms with E-state index in [4.69, 9.17) is 18.7 Å². The summed E-state index contributed by atoms with van der Waals surface area (Å²) in [6.45, 7) is -0.397. The average Bonchev–Trinajstić information content (AvgIpc) is 3.58. The number of carbonyl (C=O) groups excluding carboxylic acids is 2. The van der Waals surface area contributed by atoms with Gasteiger partial charge in [-0.15, -0.1) is 0 Å². The molecule has 0 saturated heterocycles. The van der Waals surface area contributed by atoms with Gasteiger partial charge in [-0.1, -0.05) is 18.2 Å². The Morgan fingerprint density at radius 2 is 1.88 bits per heavy atom. The van der Waals surface area contributed by atoms with E-state index in [1.54, 1.807) is 42.9 Å². The molecule has 3 aromatic rings. The molecule has 1 amide bonds. The molecule has 1 aromatic carbocycles. The summed E-state index contributed by atoms with van der Waals surface area (Å²) in [4.78, 5) is 25.4. The van der Waals surface area contributed by atoms with E-state index in [0.29, 0.717) is 11.3 Å². The maximum Gasteiger partial charge on any atom is 0.338 e. The van der Waals surface area contributed by atoms with Crippen molar-refractivity contribution in [2.75, 3.05) is 6.61 Å². The highest BCUT2D eigenvalue weighted by Gasteiger charge is 2.45. The van der Waals surface area contributed by atoms with E-state index in [-0.39, 0.29) is 12.0 Å². The molecule has 7 nitrogen and oxygen atoms in total. The number of hydrazone groups is 1. The first-order chi connectivity index (χ1) is 15.7. The molecule has 0 N–H and O–H groups in total. The van der Waals surface area contributed by atoms with E-state index in [1.807, 2.05) is 30.3 Å². The summed E-state index contributed by atoms with van der Waals surface area (Å²) in [7, 11) is 0. The second-order valence-corrected chi connectivity index (χ2v) is 7.81. The van der Waals surface area contributed by atoms with Crippen LogP contribution in [0.1, 0.15) is 47.2 Å². The lowest BCUT2D eigenvalue weighted by molar-refractivity contribution is -0.137. The number of esters is 1. The standard InChI is InChI=1S/C25H22N2O5/c28-22(16-32-25(29)17-7-2-1-3-8-17)27-24(21-12-6-14-31-21)20-11-4-9-18(23(20)26-27)15-19-10-5-13-30-19/h1-3,5-8,10,12-15,20,24H,4,9,11,16H2. The van der Waals surface area contributed by atoms with Gasteiger partial charge in [-0.3, -0.25) is 4.79 Å². The van der Waals surface area contributed by atoms with Gasteiger partial charge in [-0.05, 0) is 67.3 Å². The molecule has 0 bridgehead atoms. The van der Waals surface area contributed by atoms with Crippen LogP contribution in [0.4, 0.5) is 0 Å². The first-order valence-corrected chi connectivity index (χ1v) is 10.6. The zero-order valence-corrected chi connectivity index (χ0v) is 17.3. The molecule has 0 spiro atoms. The van der Waals surface area contributed by atoms with Crippen molar-refractivity contribution in [3.63, 3.8) is 0 Å². The van der Waals surface area contributed by atoms with Gasteiger partial charge in [-0.25, -0.2) is 9.80 Å². The van der Waals surface area contributed by atoms with Crippen LogP contribution < -0.4 is 0 Å². The molecule has 1 aliphatic carbocycles. The number of ether oxygens (including phenoxy) is 1. The number of carbonyl (C=O) groups is 2. The Labute approximate surface area is 185 Å². The number of furan rings is 2. The predicted molar refractivity (Wildman–Crippen MR) is 116 cm³/mol. The number of benzene rings is 1. The van der Waals surface area contributed by atoms with E-state index < -0.39 is 18.5 Å². The van der Waals surface area contributed by atoms with Crippen LogP contribution in [-0.2, 0) is 9.53 Å². The minimum atomic E-state index is -0.545. The van der Waals surface area contributed by atoms with Crippen LogP contribution in [0.5, 0.6) is 0 Å². The molecule has 3 heterocycles. The molecular formula is C25H22N2O5. The van der Waals surface area contributed by atoms with Gasteiger partial charge in [0, 0.05) is 5.92 Å². The Morgan fingerprint density at radius 3 is 2.62 bits per heavy atom. The van der Waals surface area contributed by atoms with Crippen LogP contribution in [0.3, 0.4) is 0 Å². The first-order valence-electron chi connectivity index (χ1n) is 10.6. The van der Waals surface area contributed by atoms with Gasteiger partial charge in [0.1, 0.15) is 17.6 Å². The smallest absolute Gasteiger partial charge is 0.338 e. The third-order valence-corrected chi connectivity index (χ3v) is 5.79. The molecule has 0 radical (unpaired) electrons. The number of allylic oxidation sites excluding steroid dienone is 1. The molecule has 2 atom stereocenters. The van der Waals surface area contributed by atoms with Crippen molar-refractivity contribution in [3.05, 3.63) is 89.8 Å². The van der Waals surface area contributed by atoms with Crippen LogP contribution >= 0.6 is 0 Å². The molecule has 162 valence electrons. The fraction of sp³-hybridized carbons (Fsp3) is 0.240. The lowest BCUT2D eigenvalue weighted by Gasteiger charge is -2.27. The van der Waals surface area contributed by atoms with Crippen LogP contribution in [0.2, 0.25) is 0 Å². The molecule has 32 heavy (non-hydrogen) atoms. The Balaban J connectivity index is 1.40. The van der Waals surface area contributed by atoms with E-state index in [1.165, 1.54) is 5.01 Å². The van der Waals surface area contributed by atoms with Gasteiger partial charge in [0.15, 0.2) is 6.61 Å². The normalized spacial score (nSPS) is 21.3. The average molecular weight is 430 g/mol. The second-order valence-electron chi connectivity index (χ2n) is 7.81. The molecule has 2 aliphatic rings. The van der Waals surface area contributed by atoms with Gasteiger partial charge in [0.05, 0.1) is 23.8 Å². The van der Waals surface area contributed by atoms with Crippen molar-refractivity contribution in [2.24, 2.45) is 11.0 Å². The van der Waals surface area contributed by atoms with Crippen molar-refractivity contribution in [3.8, 4) is 0 Å². The number of nitrogens with zero attached hydrogens (tertiary/aromatic N) is 2. The van der Waals surface area contributed by atoms with Gasteiger partial charge < -0.3 is 13.6 Å². The van der Waals surface area contributed by atoms with E-state index in [9.17, 15) is 9.59 Å². The van der Waals surface area contributed by atoms with E-state index >= 15 is 0 Å². The highest BCUT2D eigenvalue weighted by atomic mass is 16.5. The predicted octanol–water partition coefficient (Wildman–Crippen LogP) is 4.85. The van der Waals surface area contributed by atoms with Gasteiger partial charge in [0.25, 0.3) is 5.91 Å². The summed E-state index contributed by atoms with van der Waals surface area (Å²) in [6, 6.07) is 15.6. The van der Waals surface area contributed by atoms with Gasteiger partial charge >= 0.3 is 5.97 Å². The molecule has 1 fully saturated rings. The third-order valence-electron chi connectivity index (χ3n) is 5.79. The maximum atomic E-state index is 13.1. The highest BCUT2D eigenvalue weighted by Crippen LogP contribution is 2.44. The van der Waals surface area contributed by atoms with Crippen LogP contribution in [0.25, 0.3) is 6.08 Å². The van der Waals surface area contributed by atoms with Crippen LogP contribution in [0, 0.1) is 5.92 Å². The zero-order chi connectivity index (χ0) is 21.9. The van der Waals surface area contributed by atoms with E-state index in [0.717, 1.165) is 36.3 Å². The third kappa shape index (κ3) is 3.89. The van der Waals surface area contributed by atoms with E-state index in [2.05, 4.69) is 0 Å². The van der Waals surface area contributed by atoms with Crippen molar-refractivity contribution < 1.29 is 23.2 Å². The van der Waals surface area contributed by atoms with Crippen LogP contribution in [0.15, 0.2) is 86.6 Å².